The van der Waals surface area contributed by atoms with E-state index in [9.17, 15) is 9.18 Å². The maximum absolute atomic E-state index is 12.9. The third-order valence-electron chi connectivity index (χ3n) is 3.54. The summed E-state index contributed by atoms with van der Waals surface area (Å²) < 4.78 is 14.6. The molecule has 4 nitrogen and oxygen atoms in total. The molecular weight excluding hydrogens is 352 g/mol. The molecule has 7 heteroatoms. The maximum atomic E-state index is 12.9. The fraction of sp³-hybridized carbons (Fsp3) is 0.0588. The highest BCUT2D eigenvalue weighted by atomic mass is 35.5. The normalized spacial score (nSPS) is 10.7. The number of hydrogen-bond acceptors (Lipinski definition) is 2. The van der Waals surface area contributed by atoms with Crippen molar-refractivity contribution in [2.45, 2.75) is 0 Å². The molecule has 122 valence electrons. The minimum absolute atomic E-state index is 0.343. The van der Waals surface area contributed by atoms with E-state index in [1.54, 1.807) is 29.9 Å². The van der Waals surface area contributed by atoms with Crippen molar-refractivity contribution >= 4 is 35.1 Å². The van der Waals surface area contributed by atoms with Crippen molar-refractivity contribution in [3.63, 3.8) is 0 Å². The van der Waals surface area contributed by atoms with E-state index in [-0.39, 0.29) is 5.91 Å². The number of benzene rings is 2. The largest absolute Gasteiger partial charge is 0.313 e. The Bertz CT molecular complexity index is 907. The van der Waals surface area contributed by atoms with Crippen LogP contribution in [-0.2, 0) is 7.05 Å². The Morgan fingerprint density at radius 2 is 1.83 bits per heavy atom. The number of carbonyl (C=O) groups is 1. The Labute approximate surface area is 147 Å². The van der Waals surface area contributed by atoms with E-state index in [1.165, 1.54) is 24.3 Å². The Kier molecular flexibility index (Phi) is 4.55. The van der Waals surface area contributed by atoms with Gasteiger partial charge in [0.15, 0.2) is 0 Å². The lowest BCUT2D eigenvalue weighted by Gasteiger charge is -2.08. The first-order valence-corrected chi connectivity index (χ1v) is 7.75. The van der Waals surface area contributed by atoms with Crippen LogP contribution in [0.1, 0.15) is 10.4 Å². The molecule has 1 amide bonds. The van der Waals surface area contributed by atoms with Crippen molar-refractivity contribution < 1.29 is 9.18 Å². The van der Waals surface area contributed by atoms with Crippen LogP contribution in [0.3, 0.4) is 0 Å². The molecule has 0 radical (unpaired) electrons. The topological polar surface area (TPSA) is 46.9 Å². The van der Waals surface area contributed by atoms with Gasteiger partial charge in [0.2, 0.25) is 5.95 Å². The van der Waals surface area contributed by atoms with Crippen LogP contribution in [0.2, 0.25) is 10.0 Å². The van der Waals surface area contributed by atoms with Crippen molar-refractivity contribution in [1.82, 2.24) is 9.55 Å². The molecule has 0 aliphatic heterocycles. The van der Waals surface area contributed by atoms with E-state index in [4.69, 9.17) is 23.2 Å². The van der Waals surface area contributed by atoms with E-state index >= 15 is 0 Å². The monoisotopic (exact) mass is 363 g/mol. The van der Waals surface area contributed by atoms with Crippen molar-refractivity contribution in [2.24, 2.45) is 7.05 Å². The standard InChI is InChI=1S/C17H12Cl2FN3O/c1-23-15(11-4-7-13(18)14(19)8-11)9-21-17(23)22-16(24)10-2-5-12(20)6-3-10/h2-9H,1H3,(H,21,22,24). The van der Waals surface area contributed by atoms with E-state index in [0.717, 1.165) is 11.3 Å². The molecule has 1 N–H and O–H groups in total. The highest BCUT2D eigenvalue weighted by molar-refractivity contribution is 6.42. The van der Waals surface area contributed by atoms with Gasteiger partial charge in [-0.1, -0.05) is 29.3 Å². The van der Waals surface area contributed by atoms with Gasteiger partial charge in [-0.15, -0.1) is 0 Å². The molecule has 0 atom stereocenters. The molecule has 3 aromatic rings. The zero-order valence-corrected chi connectivity index (χ0v) is 14.1. The number of imidazole rings is 1. The summed E-state index contributed by atoms with van der Waals surface area (Å²) in [5, 5.41) is 3.60. The van der Waals surface area contributed by atoms with Gasteiger partial charge in [-0.05, 0) is 36.4 Å². The van der Waals surface area contributed by atoms with Gasteiger partial charge in [-0.25, -0.2) is 9.37 Å². The lowest BCUT2D eigenvalue weighted by atomic mass is 10.2. The Morgan fingerprint density at radius 3 is 2.50 bits per heavy atom. The highest BCUT2D eigenvalue weighted by Crippen LogP contribution is 2.29. The fourth-order valence-electron chi connectivity index (χ4n) is 2.22. The number of nitrogens with zero attached hydrogens (tertiary/aromatic N) is 2. The first-order chi connectivity index (χ1) is 11.5. The van der Waals surface area contributed by atoms with Gasteiger partial charge >= 0.3 is 0 Å². The summed E-state index contributed by atoms with van der Waals surface area (Å²) in [5.41, 5.74) is 1.93. The van der Waals surface area contributed by atoms with Gasteiger partial charge in [0.1, 0.15) is 5.82 Å². The zero-order chi connectivity index (χ0) is 17.3. The Hall–Kier alpha value is -2.37. The predicted molar refractivity (Wildman–Crippen MR) is 93.0 cm³/mol. The van der Waals surface area contributed by atoms with E-state index in [0.29, 0.717) is 21.6 Å². The van der Waals surface area contributed by atoms with Crippen molar-refractivity contribution in [2.75, 3.05) is 5.32 Å². The number of amides is 1. The quantitative estimate of drug-likeness (QED) is 0.727. The fourth-order valence-corrected chi connectivity index (χ4v) is 2.52. The third kappa shape index (κ3) is 3.27. The van der Waals surface area contributed by atoms with Gasteiger partial charge in [-0.2, -0.15) is 0 Å². The second-order valence-corrected chi connectivity index (χ2v) is 5.93. The molecule has 0 bridgehead atoms. The number of aromatic nitrogens is 2. The lowest BCUT2D eigenvalue weighted by molar-refractivity contribution is 0.102. The molecule has 0 aliphatic carbocycles. The van der Waals surface area contributed by atoms with Gasteiger partial charge in [0.05, 0.1) is 21.9 Å². The highest BCUT2D eigenvalue weighted by Gasteiger charge is 2.13. The average Bonchev–Trinajstić information content (AvgIpc) is 2.91. The number of halogens is 3. The van der Waals surface area contributed by atoms with Crippen molar-refractivity contribution in [3.05, 3.63) is 70.1 Å². The molecule has 0 saturated carbocycles. The molecule has 0 spiro atoms. The summed E-state index contributed by atoms with van der Waals surface area (Å²) in [6.07, 6.45) is 1.62. The van der Waals surface area contributed by atoms with Gasteiger partial charge in [0.25, 0.3) is 5.91 Å². The minimum Gasteiger partial charge on any atom is -0.313 e. The molecule has 24 heavy (non-hydrogen) atoms. The summed E-state index contributed by atoms with van der Waals surface area (Å²) in [6, 6.07) is 10.5. The van der Waals surface area contributed by atoms with Gasteiger partial charge in [0, 0.05) is 18.2 Å². The predicted octanol–water partition coefficient (Wildman–Crippen LogP) is 4.79. The van der Waals surface area contributed by atoms with Crippen LogP contribution in [0.5, 0.6) is 0 Å². The molecule has 0 saturated heterocycles. The Balaban J connectivity index is 1.85. The van der Waals surface area contributed by atoms with Gasteiger partial charge < -0.3 is 4.57 Å². The number of hydrogen-bond donors (Lipinski definition) is 1. The van der Waals surface area contributed by atoms with Crippen molar-refractivity contribution in [1.29, 1.82) is 0 Å². The van der Waals surface area contributed by atoms with E-state index in [1.807, 2.05) is 6.07 Å². The Morgan fingerprint density at radius 1 is 1.12 bits per heavy atom. The van der Waals surface area contributed by atoms with Crippen molar-refractivity contribution in [3.8, 4) is 11.3 Å². The first-order valence-electron chi connectivity index (χ1n) is 7.00. The molecule has 3 rings (SSSR count). The van der Waals surface area contributed by atoms with E-state index < -0.39 is 5.82 Å². The molecule has 0 fully saturated rings. The van der Waals surface area contributed by atoms with Crippen LogP contribution >= 0.6 is 23.2 Å². The lowest BCUT2D eigenvalue weighted by Crippen LogP contribution is -2.15. The maximum Gasteiger partial charge on any atom is 0.257 e. The second-order valence-electron chi connectivity index (χ2n) is 5.12. The number of carbonyl (C=O) groups excluding carboxylic acids is 1. The molecule has 0 unspecified atom stereocenters. The zero-order valence-electron chi connectivity index (χ0n) is 12.6. The molecule has 1 aromatic heterocycles. The van der Waals surface area contributed by atoms with Crippen LogP contribution in [0.4, 0.5) is 10.3 Å². The van der Waals surface area contributed by atoms with Crippen LogP contribution < -0.4 is 5.32 Å². The van der Waals surface area contributed by atoms with E-state index in [2.05, 4.69) is 10.3 Å². The number of nitrogens with one attached hydrogen (secondary N) is 1. The smallest absolute Gasteiger partial charge is 0.257 e. The minimum atomic E-state index is -0.398. The SMILES string of the molecule is Cn1c(-c2ccc(Cl)c(Cl)c2)cnc1NC(=O)c1ccc(F)cc1. The summed E-state index contributed by atoms with van der Waals surface area (Å²) in [4.78, 5) is 16.4. The van der Waals surface area contributed by atoms with Crippen LogP contribution in [0, 0.1) is 5.82 Å². The number of anilines is 1. The third-order valence-corrected chi connectivity index (χ3v) is 4.27. The molecule has 1 heterocycles. The first kappa shape index (κ1) is 16.5. The average molecular weight is 364 g/mol. The molecule has 2 aromatic carbocycles. The van der Waals surface area contributed by atoms with Crippen LogP contribution in [0.25, 0.3) is 11.3 Å². The van der Waals surface area contributed by atoms with Crippen LogP contribution in [0.15, 0.2) is 48.7 Å². The molecule has 0 aliphatic rings. The summed E-state index contributed by atoms with van der Waals surface area (Å²) in [5.74, 6) is -0.403. The van der Waals surface area contributed by atoms with Crippen LogP contribution in [-0.4, -0.2) is 15.5 Å². The summed E-state index contributed by atoms with van der Waals surface area (Å²) >= 11 is 12.0. The summed E-state index contributed by atoms with van der Waals surface area (Å²) in [7, 11) is 1.77. The van der Waals surface area contributed by atoms with Gasteiger partial charge in [-0.3, -0.25) is 10.1 Å². The molecular formula is C17H12Cl2FN3O. The summed E-state index contributed by atoms with van der Waals surface area (Å²) in [6.45, 7) is 0. The number of rotatable bonds is 3. The second kappa shape index (κ2) is 6.63.